The highest BCUT2D eigenvalue weighted by atomic mass is 19.4. The van der Waals surface area contributed by atoms with E-state index < -0.39 is 24.1 Å². The number of piperidine rings is 1. The molecule has 1 fully saturated rings. The predicted molar refractivity (Wildman–Crippen MR) is 108 cm³/mol. The highest BCUT2D eigenvalue weighted by Crippen LogP contribution is 2.38. The molecular formula is C20H21F5N6O2. The molecule has 8 nitrogen and oxygen atoms in total. The molecule has 13 heteroatoms. The summed E-state index contributed by atoms with van der Waals surface area (Å²) in [4.78, 5) is 6.18. The van der Waals surface area contributed by atoms with Crippen molar-refractivity contribution in [2.45, 2.75) is 31.7 Å². The van der Waals surface area contributed by atoms with Crippen LogP contribution in [0.15, 0.2) is 30.7 Å². The third-order valence-electron chi connectivity index (χ3n) is 5.39. The SMILES string of the molecule is OCCN1CCC[C@@H](Nc2nnc(-c3ccc(C(F)(F)F)cc3OC(F)F)c3cncn23)C1. The van der Waals surface area contributed by atoms with Crippen LogP contribution in [0.3, 0.4) is 0 Å². The number of nitrogens with zero attached hydrogens (tertiary/aromatic N) is 5. The number of rotatable bonds is 7. The van der Waals surface area contributed by atoms with E-state index in [2.05, 4.69) is 30.1 Å². The van der Waals surface area contributed by atoms with Gasteiger partial charge in [-0.05, 0) is 37.6 Å². The second kappa shape index (κ2) is 9.43. The summed E-state index contributed by atoms with van der Waals surface area (Å²) in [6.07, 6.45) is -0.0726. The van der Waals surface area contributed by atoms with Crippen molar-refractivity contribution in [3.63, 3.8) is 0 Å². The van der Waals surface area contributed by atoms with E-state index in [1.165, 1.54) is 12.5 Å². The topological polar surface area (TPSA) is 87.8 Å². The van der Waals surface area contributed by atoms with Gasteiger partial charge >= 0.3 is 12.8 Å². The molecule has 0 aliphatic carbocycles. The molecule has 33 heavy (non-hydrogen) atoms. The van der Waals surface area contributed by atoms with Gasteiger partial charge in [-0.2, -0.15) is 22.0 Å². The lowest BCUT2D eigenvalue weighted by Gasteiger charge is -2.32. The molecule has 2 aromatic heterocycles. The molecule has 1 aliphatic heterocycles. The Hall–Kier alpha value is -3.06. The van der Waals surface area contributed by atoms with Crippen LogP contribution in [0.5, 0.6) is 5.75 Å². The Morgan fingerprint density at radius 3 is 2.79 bits per heavy atom. The van der Waals surface area contributed by atoms with E-state index >= 15 is 0 Å². The van der Waals surface area contributed by atoms with Gasteiger partial charge in [-0.25, -0.2) is 4.98 Å². The summed E-state index contributed by atoms with van der Waals surface area (Å²) >= 11 is 0. The van der Waals surface area contributed by atoms with Crippen molar-refractivity contribution in [1.82, 2.24) is 24.5 Å². The predicted octanol–water partition coefficient (Wildman–Crippen LogP) is 3.28. The maximum Gasteiger partial charge on any atom is 0.416 e. The first-order chi connectivity index (χ1) is 15.8. The van der Waals surface area contributed by atoms with Crippen LogP contribution >= 0.6 is 0 Å². The number of imidazole rings is 1. The van der Waals surface area contributed by atoms with Crippen LogP contribution in [0.25, 0.3) is 16.8 Å². The molecule has 0 bridgehead atoms. The minimum atomic E-state index is -4.73. The van der Waals surface area contributed by atoms with Gasteiger partial charge in [0.15, 0.2) is 0 Å². The average Bonchev–Trinajstić information content (AvgIpc) is 3.24. The van der Waals surface area contributed by atoms with Gasteiger partial charge in [0, 0.05) is 24.7 Å². The Morgan fingerprint density at radius 2 is 2.06 bits per heavy atom. The zero-order chi connectivity index (χ0) is 23.6. The van der Waals surface area contributed by atoms with Crippen LogP contribution in [-0.2, 0) is 6.18 Å². The Kier molecular flexibility index (Phi) is 6.61. The van der Waals surface area contributed by atoms with E-state index in [1.54, 1.807) is 4.40 Å². The van der Waals surface area contributed by atoms with Gasteiger partial charge < -0.3 is 15.2 Å². The second-order valence-corrected chi connectivity index (χ2v) is 7.62. The summed E-state index contributed by atoms with van der Waals surface area (Å²) in [5, 5.41) is 20.7. The second-order valence-electron chi connectivity index (χ2n) is 7.62. The van der Waals surface area contributed by atoms with E-state index in [0.29, 0.717) is 30.6 Å². The number of ether oxygens (including phenoxy) is 1. The van der Waals surface area contributed by atoms with Gasteiger partial charge in [0.2, 0.25) is 5.95 Å². The largest absolute Gasteiger partial charge is 0.434 e. The van der Waals surface area contributed by atoms with Gasteiger partial charge in [-0.15, -0.1) is 10.2 Å². The Morgan fingerprint density at radius 1 is 1.24 bits per heavy atom. The minimum Gasteiger partial charge on any atom is -0.434 e. The number of benzene rings is 1. The van der Waals surface area contributed by atoms with Gasteiger partial charge in [0.05, 0.1) is 23.9 Å². The number of alkyl halides is 5. The lowest BCUT2D eigenvalue weighted by Crippen LogP contribution is -2.43. The zero-order valence-electron chi connectivity index (χ0n) is 17.3. The number of aliphatic hydroxyl groups excluding tert-OH is 1. The van der Waals surface area contributed by atoms with E-state index in [4.69, 9.17) is 5.11 Å². The van der Waals surface area contributed by atoms with Crippen LogP contribution in [0.2, 0.25) is 0 Å². The molecular weight excluding hydrogens is 451 g/mol. The van der Waals surface area contributed by atoms with E-state index in [0.717, 1.165) is 31.5 Å². The standard InChI is InChI=1S/C20H21F5N6O2/c21-18(22)33-16-8-12(20(23,24)25)3-4-14(16)17-15-9-26-11-31(15)19(29-28-17)27-13-2-1-5-30(10-13)6-7-32/h3-4,8-9,11,13,18,32H,1-2,5-7,10H2,(H,27,29)/t13-/m1/s1. The van der Waals surface area contributed by atoms with Gasteiger partial charge in [0.1, 0.15) is 17.8 Å². The van der Waals surface area contributed by atoms with Crippen LogP contribution in [0, 0.1) is 0 Å². The third kappa shape index (κ3) is 5.14. The fourth-order valence-corrected chi connectivity index (χ4v) is 3.91. The number of hydrogen-bond donors (Lipinski definition) is 2. The first-order valence-electron chi connectivity index (χ1n) is 10.2. The number of nitrogens with one attached hydrogen (secondary N) is 1. The molecule has 3 heterocycles. The number of anilines is 1. The van der Waals surface area contributed by atoms with Crippen molar-refractivity contribution in [1.29, 1.82) is 0 Å². The van der Waals surface area contributed by atoms with E-state index in [-0.39, 0.29) is 23.9 Å². The summed E-state index contributed by atoms with van der Waals surface area (Å²) < 4.78 is 71.0. The Bertz CT molecular complexity index is 1100. The minimum absolute atomic E-state index is 0.0276. The quantitative estimate of drug-likeness (QED) is 0.511. The van der Waals surface area contributed by atoms with Crippen molar-refractivity contribution in [2.24, 2.45) is 0 Å². The summed E-state index contributed by atoms with van der Waals surface area (Å²) in [6.45, 7) is -1.14. The number of β-amino-alcohol motifs (C(OH)–C–C–N with tert-alkyl or cyclic N) is 1. The van der Waals surface area contributed by atoms with E-state index in [9.17, 15) is 22.0 Å². The number of fused-ring (bicyclic) bond motifs is 1. The highest BCUT2D eigenvalue weighted by molar-refractivity contribution is 5.81. The van der Waals surface area contributed by atoms with Crippen molar-refractivity contribution >= 4 is 11.5 Å². The third-order valence-corrected chi connectivity index (χ3v) is 5.39. The lowest BCUT2D eigenvalue weighted by molar-refractivity contribution is -0.138. The lowest BCUT2D eigenvalue weighted by atomic mass is 10.1. The molecule has 0 radical (unpaired) electrons. The molecule has 0 unspecified atom stereocenters. The molecule has 1 aliphatic rings. The molecule has 2 N–H and O–H groups in total. The zero-order valence-corrected chi connectivity index (χ0v) is 17.3. The Balaban J connectivity index is 1.69. The number of aliphatic hydroxyl groups is 1. The molecule has 1 saturated heterocycles. The summed E-state index contributed by atoms with van der Waals surface area (Å²) in [6, 6.07) is 2.34. The normalized spacial score (nSPS) is 17.6. The van der Waals surface area contributed by atoms with Crippen LogP contribution in [0.1, 0.15) is 18.4 Å². The number of aromatic nitrogens is 4. The van der Waals surface area contributed by atoms with Gasteiger partial charge in [-0.3, -0.25) is 9.30 Å². The number of halogens is 5. The molecule has 0 amide bonds. The highest BCUT2D eigenvalue weighted by Gasteiger charge is 2.32. The average molecular weight is 472 g/mol. The van der Waals surface area contributed by atoms with E-state index in [1.807, 2.05) is 0 Å². The molecule has 0 saturated carbocycles. The molecule has 178 valence electrons. The fourth-order valence-electron chi connectivity index (χ4n) is 3.91. The maximum absolute atomic E-state index is 13.1. The Labute approximate surface area is 185 Å². The van der Waals surface area contributed by atoms with Gasteiger partial charge in [-0.1, -0.05) is 0 Å². The fraction of sp³-hybridized carbons (Fsp3) is 0.450. The maximum atomic E-state index is 13.1. The molecule has 1 aromatic carbocycles. The van der Waals surface area contributed by atoms with Crippen molar-refractivity contribution in [3.05, 3.63) is 36.3 Å². The van der Waals surface area contributed by atoms with Crippen LogP contribution in [-0.4, -0.2) is 68.5 Å². The molecule has 3 aromatic rings. The first-order valence-corrected chi connectivity index (χ1v) is 10.2. The first kappa shape index (κ1) is 23.1. The van der Waals surface area contributed by atoms with Crippen molar-refractivity contribution < 1.29 is 31.8 Å². The summed E-state index contributed by atoms with van der Waals surface area (Å²) in [5.74, 6) is -0.310. The van der Waals surface area contributed by atoms with Crippen LogP contribution in [0.4, 0.5) is 27.9 Å². The molecule has 1 atom stereocenters. The van der Waals surface area contributed by atoms with Gasteiger partial charge in [0.25, 0.3) is 0 Å². The van der Waals surface area contributed by atoms with Crippen molar-refractivity contribution in [3.8, 4) is 17.0 Å². The smallest absolute Gasteiger partial charge is 0.416 e. The van der Waals surface area contributed by atoms with Crippen molar-refractivity contribution in [2.75, 3.05) is 31.6 Å². The molecule has 0 spiro atoms. The monoisotopic (exact) mass is 472 g/mol. The molecule has 4 rings (SSSR count). The number of hydrogen-bond acceptors (Lipinski definition) is 7. The summed E-state index contributed by atoms with van der Waals surface area (Å²) in [5.41, 5.74) is -0.788. The van der Waals surface area contributed by atoms with Crippen LogP contribution < -0.4 is 10.1 Å². The number of likely N-dealkylation sites (tertiary alicyclic amines) is 1. The summed E-state index contributed by atoms with van der Waals surface area (Å²) in [7, 11) is 0.